The van der Waals surface area contributed by atoms with Crippen molar-refractivity contribution in [3.63, 3.8) is 0 Å². The lowest BCUT2D eigenvalue weighted by atomic mass is 10.1. The van der Waals surface area contributed by atoms with E-state index in [2.05, 4.69) is 4.98 Å². The summed E-state index contributed by atoms with van der Waals surface area (Å²) in [6.07, 6.45) is -0.526. The lowest BCUT2D eigenvalue weighted by molar-refractivity contribution is -0.0457. The first kappa shape index (κ1) is 17.5. The first-order chi connectivity index (χ1) is 12.5. The molecule has 3 heterocycles. The first-order valence-electron chi connectivity index (χ1n) is 7.92. The van der Waals surface area contributed by atoms with Crippen LogP contribution in [0.5, 0.6) is 5.75 Å². The van der Waals surface area contributed by atoms with E-state index < -0.39 is 24.1 Å². The Morgan fingerprint density at radius 1 is 1.35 bits per heavy atom. The average molecular weight is 466 g/mol. The number of benzene rings is 1. The number of halogens is 1. The topological polar surface area (TPSA) is 118 Å². The Morgan fingerprint density at radius 2 is 2.15 bits per heavy atom. The molecule has 3 aromatic rings. The van der Waals surface area contributed by atoms with E-state index in [1.165, 1.54) is 4.57 Å². The lowest BCUT2D eigenvalue weighted by Gasteiger charge is -2.13. The number of aromatic hydroxyl groups is 1. The Kier molecular flexibility index (Phi) is 4.47. The average Bonchev–Trinajstić information content (AvgIpc) is 3.19. The molecule has 2 aromatic heterocycles. The molecule has 136 valence electrons. The summed E-state index contributed by atoms with van der Waals surface area (Å²) in [4.78, 5) is 16.2. The third-order valence-electron chi connectivity index (χ3n) is 4.36. The highest BCUT2D eigenvalue weighted by Gasteiger charge is 2.35. The number of phenols is 1. The van der Waals surface area contributed by atoms with Gasteiger partial charge in [0.2, 0.25) is 5.71 Å². The molecule has 0 radical (unpaired) electrons. The van der Waals surface area contributed by atoms with Crippen molar-refractivity contribution in [3.05, 3.63) is 44.5 Å². The molecule has 3 atom stereocenters. The van der Waals surface area contributed by atoms with Crippen molar-refractivity contribution in [3.8, 4) is 17.1 Å². The molecule has 1 aliphatic rings. The van der Waals surface area contributed by atoms with Crippen LogP contribution in [0.2, 0.25) is 0 Å². The van der Waals surface area contributed by atoms with Crippen molar-refractivity contribution >= 4 is 33.7 Å². The van der Waals surface area contributed by atoms with Gasteiger partial charge in [-0.3, -0.25) is 4.57 Å². The number of aromatic nitrogens is 2. The predicted octanol–water partition coefficient (Wildman–Crippen LogP) is 1.61. The summed E-state index contributed by atoms with van der Waals surface area (Å²) < 4.78 is 13.2. The molecular weight excluding hydrogens is 451 g/mol. The van der Waals surface area contributed by atoms with E-state index in [0.29, 0.717) is 16.7 Å². The fourth-order valence-electron chi connectivity index (χ4n) is 2.99. The molecule has 0 bridgehead atoms. The molecule has 0 amide bonds. The van der Waals surface area contributed by atoms with Gasteiger partial charge in [0.1, 0.15) is 23.8 Å². The smallest absolute Gasteiger partial charge is 0.353 e. The zero-order valence-electron chi connectivity index (χ0n) is 13.4. The van der Waals surface area contributed by atoms with Gasteiger partial charge in [0, 0.05) is 18.2 Å². The summed E-state index contributed by atoms with van der Waals surface area (Å²) >= 11 is 2.02. The molecule has 26 heavy (non-hydrogen) atoms. The van der Waals surface area contributed by atoms with Gasteiger partial charge in [0.05, 0.1) is 21.7 Å². The van der Waals surface area contributed by atoms with Crippen LogP contribution in [0.25, 0.3) is 22.4 Å². The molecule has 1 saturated heterocycles. The SMILES string of the molecule is O=c1nc2oc(-c3ccc([123I])c(O)c3)cc2cn1[C@H]1C[C@H](O)[C@@H](CO)O1. The molecule has 3 N–H and O–H groups in total. The van der Waals surface area contributed by atoms with Gasteiger partial charge in [-0.15, -0.1) is 0 Å². The maximum absolute atomic E-state index is 12.3. The second kappa shape index (κ2) is 6.65. The van der Waals surface area contributed by atoms with Crippen LogP contribution in [0.3, 0.4) is 0 Å². The minimum Gasteiger partial charge on any atom is -0.507 e. The van der Waals surface area contributed by atoms with Crippen molar-refractivity contribution in [2.75, 3.05) is 6.61 Å². The largest absolute Gasteiger partial charge is 0.507 e. The van der Waals surface area contributed by atoms with Crippen LogP contribution >= 0.6 is 22.6 Å². The number of hydrogen-bond acceptors (Lipinski definition) is 7. The van der Waals surface area contributed by atoms with E-state index in [-0.39, 0.29) is 24.5 Å². The molecule has 9 heteroatoms. The number of ether oxygens (including phenoxy) is 1. The van der Waals surface area contributed by atoms with Gasteiger partial charge in [-0.2, -0.15) is 4.98 Å². The van der Waals surface area contributed by atoms with E-state index in [4.69, 9.17) is 9.15 Å². The normalized spacial score (nSPS) is 23.0. The Hall–Kier alpha value is -1.95. The summed E-state index contributed by atoms with van der Waals surface area (Å²) in [5.41, 5.74) is 0.268. The number of hydrogen-bond donors (Lipinski definition) is 3. The molecule has 8 nitrogen and oxygen atoms in total. The number of phenolic OH excluding ortho intramolecular Hbond substituents is 1. The number of fused-ring (bicyclic) bond motifs is 1. The molecule has 0 aliphatic carbocycles. The van der Waals surface area contributed by atoms with Crippen LogP contribution in [0.1, 0.15) is 12.6 Å². The van der Waals surface area contributed by atoms with Gasteiger partial charge < -0.3 is 24.5 Å². The second-order valence-electron chi connectivity index (χ2n) is 6.08. The molecule has 0 spiro atoms. The van der Waals surface area contributed by atoms with Crippen molar-refractivity contribution in [1.29, 1.82) is 0 Å². The minimum atomic E-state index is -0.845. The van der Waals surface area contributed by atoms with Crippen LogP contribution in [0.4, 0.5) is 0 Å². The van der Waals surface area contributed by atoms with Gasteiger partial charge in [-0.25, -0.2) is 4.79 Å². The third-order valence-corrected chi connectivity index (χ3v) is 5.27. The molecule has 4 rings (SSSR count). The van der Waals surface area contributed by atoms with Crippen molar-refractivity contribution in [2.45, 2.75) is 24.9 Å². The maximum Gasteiger partial charge on any atom is 0.353 e. The molecular formula is C17H15IN2O6. The van der Waals surface area contributed by atoms with Gasteiger partial charge in [0.25, 0.3) is 0 Å². The monoisotopic (exact) mass is 466 g/mol. The predicted molar refractivity (Wildman–Crippen MR) is 99.7 cm³/mol. The van der Waals surface area contributed by atoms with Crippen LogP contribution in [-0.2, 0) is 4.74 Å². The highest BCUT2D eigenvalue weighted by Crippen LogP contribution is 2.32. The fraction of sp³-hybridized carbons (Fsp3) is 0.294. The zero-order valence-corrected chi connectivity index (χ0v) is 15.5. The second-order valence-corrected chi connectivity index (χ2v) is 7.25. The van der Waals surface area contributed by atoms with Gasteiger partial charge in [-0.05, 0) is 46.9 Å². The van der Waals surface area contributed by atoms with Gasteiger partial charge in [-0.1, -0.05) is 0 Å². The maximum atomic E-state index is 12.3. The molecule has 0 unspecified atom stereocenters. The van der Waals surface area contributed by atoms with Gasteiger partial charge >= 0.3 is 5.69 Å². The lowest BCUT2D eigenvalue weighted by Crippen LogP contribution is -2.27. The van der Waals surface area contributed by atoms with Crippen LogP contribution in [-0.4, -0.2) is 43.7 Å². The first-order valence-corrected chi connectivity index (χ1v) is 9.00. The third kappa shape index (κ3) is 3.00. The number of nitrogens with zero attached hydrogens (tertiary/aromatic N) is 2. The molecule has 1 aromatic carbocycles. The van der Waals surface area contributed by atoms with E-state index in [1.807, 2.05) is 22.6 Å². The number of aliphatic hydroxyl groups excluding tert-OH is 2. The summed E-state index contributed by atoms with van der Waals surface area (Å²) in [6.45, 7) is -0.325. The minimum absolute atomic E-state index is 0.138. The number of furan rings is 1. The standard InChI is InChI=1S/C17H15IN2O6/c18-10-2-1-8(3-11(10)22)13-4-9-6-20(17(24)19-16(9)26-13)15-5-12(23)14(7-21)25-15/h1-4,6,12,14-15,21-23H,5,7H2/t12-,14+,15+/m0/s1/i18-4. The summed E-state index contributed by atoms with van der Waals surface area (Å²) in [6, 6.07) is 6.85. The Labute approximate surface area is 160 Å². The summed E-state index contributed by atoms with van der Waals surface area (Å²) in [5, 5.41) is 29.5. The Bertz CT molecular complexity index is 1030. The van der Waals surface area contributed by atoms with Crippen molar-refractivity contribution < 1.29 is 24.5 Å². The zero-order chi connectivity index (χ0) is 18.4. The van der Waals surface area contributed by atoms with Crippen LogP contribution in [0.15, 0.2) is 39.7 Å². The van der Waals surface area contributed by atoms with E-state index in [0.717, 1.165) is 3.57 Å². The van der Waals surface area contributed by atoms with E-state index >= 15 is 0 Å². The van der Waals surface area contributed by atoms with Crippen LogP contribution in [0, 0.1) is 3.57 Å². The van der Waals surface area contributed by atoms with Crippen molar-refractivity contribution in [2.24, 2.45) is 0 Å². The van der Waals surface area contributed by atoms with Gasteiger partial charge in [0.15, 0.2) is 0 Å². The Balaban J connectivity index is 1.73. The molecule has 1 fully saturated rings. The number of aliphatic hydroxyl groups is 2. The van der Waals surface area contributed by atoms with E-state index in [1.54, 1.807) is 30.5 Å². The quantitative estimate of drug-likeness (QED) is 0.502. The molecule has 1 aliphatic heterocycles. The summed E-state index contributed by atoms with van der Waals surface area (Å²) in [5.74, 6) is 0.608. The Morgan fingerprint density at radius 3 is 2.85 bits per heavy atom. The highest BCUT2D eigenvalue weighted by molar-refractivity contribution is 14.1. The molecule has 0 saturated carbocycles. The summed E-state index contributed by atoms with van der Waals surface area (Å²) in [7, 11) is 0. The number of rotatable bonds is 3. The fourth-order valence-corrected chi connectivity index (χ4v) is 3.33. The van der Waals surface area contributed by atoms with E-state index in [9.17, 15) is 20.1 Å². The highest BCUT2D eigenvalue weighted by atomic mass is 123. The van der Waals surface area contributed by atoms with Crippen LogP contribution < -0.4 is 5.69 Å². The van der Waals surface area contributed by atoms with Crippen molar-refractivity contribution in [1.82, 2.24) is 9.55 Å².